The Hall–Kier alpha value is -1.67. The van der Waals surface area contributed by atoms with Gasteiger partial charge in [-0.3, -0.25) is 0 Å². The molecule has 1 atom stereocenters. The molecule has 4 nitrogen and oxygen atoms in total. The van der Waals surface area contributed by atoms with Gasteiger partial charge in [-0.05, 0) is 23.2 Å². The molecule has 12 heavy (non-hydrogen) atoms. The van der Waals surface area contributed by atoms with Crippen molar-refractivity contribution in [2.75, 3.05) is 0 Å². The van der Waals surface area contributed by atoms with E-state index in [0.717, 1.165) is 5.56 Å². The van der Waals surface area contributed by atoms with Gasteiger partial charge in [0, 0.05) is 4.91 Å². The minimum atomic E-state index is -0.234. The topological polar surface area (TPSA) is 69.0 Å². The van der Waals surface area contributed by atoms with E-state index in [-0.39, 0.29) is 11.8 Å². The van der Waals surface area contributed by atoms with Gasteiger partial charge in [0.15, 0.2) is 0 Å². The third-order valence-electron chi connectivity index (χ3n) is 1.58. The number of hydrogen-bond donors (Lipinski definition) is 1. The predicted octanol–water partition coefficient (Wildman–Crippen LogP) is 2.76. The number of hydrogen-bond acceptors (Lipinski definition) is 2. The minimum absolute atomic E-state index is 0.187. The van der Waals surface area contributed by atoms with Crippen molar-refractivity contribution in [3.8, 4) is 5.75 Å². The zero-order valence-corrected chi connectivity index (χ0v) is 6.68. The quantitative estimate of drug-likeness (QED) is 0.406. The van der Waals surface area contributed by atoms with Gasteiger partial charge in [0.2, 0.25) is 0 Å². The summed E-state index contributed by atoms with van der Waals surface area (Å²) in [6.45, 7) is 1.77. The molecule has 0 aliphatic carbocycles. The van der Waals surface area contributed by atoms with Crippen LogP contribution in [-0.2, 0) is 0 Å². The second kappa shape index (κ2) is 3.64. The molecule has 0 aliphatic rings. The Morgan fingerprint density at radius 1 is 1.58 bits per heavy atom. The van der Waals surface area contributed by atoms with Crippen molar-refractivity contribution in [3.63, 3.8) is 0 Å². The van der Waals surface area contributed by atoms with E-state index >= 15 is 0 Å². The molecule has 0 fully saturated rings. The zero-order valence-electron chi connectivity index (χ0n) is 6.68. The van der Waals surface area contributed by atoms with Gasteiger partial charge in [-0.1, -0.05) is 24.2 Å². The van der Waals surface area contributed by atoms with Gasteiger partial charge in [0.05, 0.1) is 6.04 Å². The molecule has 1 aromatic carbocycles. The molecule has 0 bridgehead atoms. The highest BCUT2D eigenvalue weighted by Gasteiger charge is 2.01. The third kappa shape index (κ3) is 1.90. The number of nitrogens with zero attached hydrogens (tertiary/aromatic N) is 3. The largest absolute Gasteiger partial charge is 0.508 e. The van der Waals surface area contributed by atoms with Crippen LogP contribution in [0.15, 0.2) is 29.4 Å². The van der Waals surface area contributed by atoms with E-state index in [1.807, 2.05) is 0 Å². The maximum absolute atomic E-state index is 9.10. The average Bonchev–Trinajstić information content (AvgIpc) is 2.05. The van der Waals surface area contributed by atoms with Crippen LogP contribution in [0, 0.1) is 0 Å². The molecule has 0 spiro atoms. The molecule has 4 heteroatoms. The van der Waals surface area contributed by atoms with Crippen molar-refractivity contribution < 1.29 is 5.11 Å². The number of phenols is 1. The van der Waals surface area contributed by atoms with E-state index in [0.29, 0.717) is 0 Å². The first-order valence-corrected chi connectivity index (χ1v) is 3.57. The number of azide groups is 1. The SMILES string of the molecule is C[C@H](N=[N+]=[N-])c1cccc(O)c1. The standard InChI is InChI=1S/C8H9N3O/c1-6(10-11-9)7-3-2-4-8(12)5-7/h2-6,12H,1H3/t6-/m0/s1. The molecule has 0 radical (unpaired) electrons. The summed E-state index contributed by atoms with van der Waals surface area (Å²) < 4.78 is 0. The lowest BCUT2D eigenvalue weighted by Crippen LogP contribution is -1.86. The minimum Gasteiger partial charge on any atom is -0.508 e. The Morgan fingerprint density at radius 2 is 2.33 bits per heavy atom. The summed E-state index contributed by atoms with van der Waals surface area (Å²) in [5, 5.41) is 12.6. The third-order valence-corrected chi connectivity index (χ3v) is 1.58. The molecule has 0 aliphatic heterocycles. The van der Waals surface area contributed by atoms with Crippen LogP contribution in [0.5, 0.6) is 5.75 Å². The first-order valence-electron chi connectivity index (χ1n) is 3.57. The summed E-state index contributed by atoms with van der Waals surface area (Å²) in [5.41, 5.74) is 8.98. The summed E-state index contributed by atoms with van der Waals surface area (Å²) in [4.78, 5) is 2.69. The molecule has 1 N–H and O–H groups in total. The summed E-state index contributed by atoms with van der Waals surface area (Å²) in [6.07, 6.45) is 0. The lowest BCUT2D eigenvalue weighted by molar-refractivity contribution is 0.474. The Bertz CT molecular complexity index is 318. The van der Waals surface area contributed by atoms with Gasteiger partial charge < -0.3 is 5.11 Å². The fraction of sp³-hybridized carbons (Fsp3) is 0.250. The van der Waals surface area contributed by atoms with Crippen LogP contribution in [0.25, 0.3) is 10.4 Å². The van der Waals surface area contributed by atoms with Crippen molar-refractivity contribution in [3.05, 3.63) is 40.3 Å². The number of aromatic hydroxyl groups is 1. The monoisotopic (exact) mass is 163 g/mol. The normalized spacial score (nSPS) is 11.8. The molecule has 1 aromatic rings. The van der Waals surface area contributed by atoms with Crippen molar-refractivity contribution in [1.29, 1.82) is 0 Å². The fourth-order valence-corrected chi connectivity index (χ4v) is 0.929. The number of rotatable bonds is 2. The van der Waals surface area contributed by atoms with Gasteiger partial charge in [-0.2, -0.15) is 0 Å². The second-order valence-electron chi connectivity index (χ2n) is 2.48. The molecule has 0 saturated heterocycles. The Kier molecular flexibility index (Phi) is 2.56. The molecule has 1 rings (SSSR count). The second-order valence-corrected chi connectivity index (χ2v) is 2.48. The highest BCUT2D eigenvalue weighted by atomic mass is 16.3. The van der Waals surface area contributed by atoms with Crippen molar-refractivity contribution in [2.45, 2.75) is 13.0 Å². The molecule has 0 heterocycles. The van der Waals surface area contributed by atoms with Crippen LogP contribution in [0.2, 0.25) is 0 Å². The molecule has 0 aromatic heterocycles. The van der Waals surface area contributed by atoms with Gasteiger partial charge in [0.1, 0.15) is 5.75 Å². The van der Waals surface area contributed by atoms with Gasteiger partial charge in [-0.25, -0.2) is 0 Å². The lowest BCUT2D eigenvalue weighted by atomic mass is 10.1. The van der Waals surface area contributed by atoms with Crippen molar-refractivity contribution in [2.24, 2.45) is 5.11 Å². The molecule has 0 unspecified atom stereocenters. The van der Waals surface area contributed by atoms with E-state index in [1.54, 1.807) is 31.2 Å². The molecular formula is C8H9N3O. The Labute approximate surface area is 70.1 Å². The van der Waals surface area contributed by atoms with Crippen LogP contribution >= 0.6 is 0 Å². The van der Waals surface area contributed by atoms with E-state index in [1.165, 1.54) is 0 Å². The summed E-state index contributed by atoms with van der Waals surface area (Å²) in [6, 6.07) is 6.45. The molecule has 0 amide bonds. The van der Waals surface area contributed by atoms with E-state index in [4.69, 9.17) is 10.6 Å². The first kappa shape index (κ1) is 8.43. The highest BCUT2D eigenvalue weighted by Crippen LogP contribution is 2.20. The van der Waals surface area contributed by atoms with Crippen LogP contribution in [0.1, 0.15) is 18.5 Å². The summed E-state index contributed by atoms with van der Waals surface area (Å²) >= 11 is 0. The number of phenolic OH excluding ortho intramolecular Hbond substituents is 1. The van der Waals surface area contributed by atoms with E-state index in [9.17, 15) is 0 Å². The van der Waals surface area contributed by atoms with Gasteiger partial charge in [0.25, 0.3) is 0 Å². The van der Waals surface area contributed by atoms with Crippen molar-refractivity contribution >= 4 is 0 Å². The maximum Gasteiger partial charge on any atom is 0.115 e. The first-order chi connectivity index (χ1) is 5.74. The summed E-state index contributed by atoms with van der Waals surface area (Å²) in [7, 11) is 0. The number of benzene rings is 1. The van der Waals surface area contributed by atoms with Crippen LogP contribution in [-0.4, -0.2) is 5.11 Å². The average molecular weight is 163 g/mol. The van der Waals surface area contributed by atoms with Gasteiger partial charge >= 0.3 is 0 Å². The van der Waals surface area contributed by atoms with Crippen LogP contribution in [0.4, 0.5) is 0 Å². The van der Waals surface area contributed by atoms with Crippen LogP contribution < -0.4 is 0 Å². The maximum atomic E-state index is 9.10. The Balaban J connectivity index is 2.94. The molecular weight excluding hydrogens is 154 g/mol. The van der Waals surface area contributed by atoms with E-state index in [2.05, 4.69) is 10.0 Å². The smallest absolute Gasteiger partial charge is 0.115 e. The molecule has 0 saturated carbocycles. The zero-order chi connectivity index (χ0) is 8.97. The lowest BCUT2D eigenvalue weighted by Gasteiger charge is -2.03. The van der Waals surface area contributed by atoms with Gasteiger partial charge in [-0.15, -0.1) is 0 Å². The molecule has 62 valence electrons. The fourth-order valence-electron chi connectivity index (χ4n) is 0.929. The highest BCUT2D eigenvalue weighted by molar-refractivity contribution is 5.29. The Morgan fingerprint density at radius 3 is 2.92 bits per heavy atom. The predicted molar refractivity (Wildman–Crippen MR) is 45.7 cm³/mol. The van der Waals surface area contributed by atoms with Crippen molar-refractivity contribution in [1.82, 2.24) is 0 Å². The summed E-state index contributed by atoms with van der Waals surface area (Å²) in [5.74, 6) is 0.187. The van der Waals surface area contributed by atoms with E-state index < -0.39 is 0 Å². The van der Waals surface area contributed by atoms with Crippen LogP contribution in [0.3, 0.4) is 0 Å².